The average molecular weight is 619 g/mol. The number of hydrogen-bond donors (Lipinski definition) is 1. The topological polar surface area (TPSA) is 149 Å². The summed E-state index contributed by atoms with van der Waals surface area (Å²) in [6, 6.07) is 11.8. The van der Waals surface area contributed by atoms with E-state index in [1.807, 2.05) is 0 Å². The minimum atomic E-state index is -0.658. The summed E-state index contributed by atoms with van der Waals surface area (Å²) in [5.74, 6) is 1.40. The molecule has 6 rings (SSSR count). The minimum absolute atomic E-state index is 0.0320. The van der Waals surface area contributed by atoms with Crippen molar-refractivity contribution < 1.29 is 33.0 Å². The first-order valence-electron chi connectivity index (χ1n) is 14.1. The molecule has 44 heavy (non-hydrogen) atoms. The summed E-state index contributed by atoms with van der Waals surface area (Å²) in [6.07, 6.45) is 0.0142. The van der Waals surface area contributed by atoms with E-state index in [1.165, 1.54) is 11.3 Å². The maximum atomic E-state index is 13.4. The van der Waals surface area contributed by atoms with Gasteiger partial charge in [-0.15, -0.1) is 21.5 Å². The largest absolute Gasteiger partial charge is 0.480 e. The summed E-state index contributed by atoms with van der Waals surface area (Å²) in [5, 5.41) is 12.8. The lowest BCUT2D eigenvalue weighted by molar-refractivity contribution is -0.134. The maximum absolute atomic E-state index is 13.4. The third-order valence-electron chi connectivity index (χ3n) is 7.13. The number of likely N-dealkylation sites (tertiary alicyclic amines) is 1. The molecule has 4 heterocycles. The molecule has 3 amide bonds. The lowest BCUT2D eigenvalue weighted by Gasteiger charge is -2.26. The third kappa shape index (κ3) is 6.87. The second-order valence-electron chi connectivity index (χ2n) is 10.4. The minimum Gasteiger partial charge on any atom is -0.480 e. The number of aromatic nitrogens is 3. The summed E-state index contributed by atoms with van der Waals surface area (Å²) in [6.45, 7) is 4.46. The Morgan fingerprint density at radius 1 is 1.05 bits per heavy atom. The Balaban J connectivity index is 1.18. The van der Waals surface area contributed by atoms with Crippen LogP contribution in [0, 0.1) is 6.92 Å². The first-order chi connectivity index (χ1) is 21.3. The summed E-state index contributed by atoms with van der Waals surface area (Å²) in [4.78, 5) is 46.3. The molecule has 2 aliphatic heterocycles. The number of nitrogens with zero attached hydrogens (tertiary/aromatic N) is 5. The number of rotatable bonds is 9. The van der Waals surface area contributed by atoms with Gasteiger partial charge in [0.1, 0.15) is 17.2 Å². The highest BCUT2D eigenvalue weighted by atomic mass is 32.1. The highest BCUT2D eigenvalue weighted by Gasteiger charge is 2.31. The van der Waals surface area contributed by atoms with Crippen molar-refractivity contribution in [2.75, 3.05) is 45.2 Å². The van der Waals surface area contributed by atoms with Crippen LogP contribution in [-0.2, 0) is 20.7 Å². The Morgan fingerprint density at radius 3 is 2.52 bits per heavy atom. The zero-order valence-corrected chi connectivity index (χ0v) is 25.0. The molecule has 14 heteroatoms. The fraction of sp³-hybridized carbons (Fsp3) is 0.333. The van der Waals surface area contributed by atoms with E-state index in [2.05, 4.69) is 20.5 Å². The average Bonchev–Trinajstić information content (AvgIpc) is 3.75. The van der Waals surface area contributed by atoms with E-state index < -0.39 is 12.0 Å². The Kier molecular flexibility index (Phi) is 8.52. The molecule has 1 N–H and O–H groups in total. The number of morpholine rings is 1. The quantitative estimate of drug-likeness (QED) is 0.295. The van der Waals surface area contributed by atoms with Crippen LogP contribution >= 0.6 is 11.3 Å². The van der Waals surface area contributed by atoms with E-state index in [0.717, 1.165) is 5.56 Å². The van der Waals surface area contributed by atoms with Gasteiger partial charge in [0.15, 0.2) is 11.2 Å². The Morgan fingerprint density at radius 2 is 1.82 bits per heavy atom. The van der Waals surface area contributed by atoms with Crippen LogP contribution in [0.2, 0.25) is 0 Å². The molecule has 4 aromatic rings. The molecule has 2 fully saturated rings. The number of carbonyl (C=O) groups is 3. The number of carbonyl (C=O) groups excluding carboxylic acids is 3. The summed E-state index contributed by atoms with van der Waals surface area (Å²) >= 11 is 1.23. The number of hydrogen-bond acceptors (Lipinski definition) is 11. The molecule has 0 spiro atoms. The van der Waals surface area contributed by atoms with Gasteiger partial charge in [-0.2, -0.15) is 0 Å². The van der Waals surface area contributed by atoms with Crippen LogP contribution in [-0.4, -0.2) is 88.7 Å². The highest BCUT2D eigenvalue weighted by molar-refractivity contribution is 7.14. The smallest absolute Gasteiger partial charge is 0.263 e. The predicted molar refractivity (Wildman–Crippen MR) is 159 cm³/mol. The van der Waals surface area contributed by atoms with E-state index in [4.69, 9.17) is 18.6 Å². The maximum Gasteiger partial charge on any atom is 0.263 e. The molecule has 1 atom stereocenters. The molecule has 2 aliphatic rings. The third-order valence-corrected chi connectivity index (χ3v) is 7.94. The summed E-state index contributed by atoms with van der Waals surface area (Å²) in [5.41, 5.74) is 1.55. The van der Waals surface area contributed by atoms with Gasteiger partial charge in [0, 0.05) is 62.6 Å². The molecule has 2 aromatic heterocycles. The van der Waals surface area contributed by atoms with E-state index >= 15 is 0 Å². The van der Waals surface area contributed by atoms with E-state index in [-0.39, 0.29) is 23.8 Å². The predicted octanol–water partition coefficient (Wildman–Crippen LogP) is 3.56. The van der Waals surface area contributed by atoms with Crippen LogP contribution in [0.15, 0.2) is 52.3 Å². The van der Waals surface area contributed by atoms with Crippen LogP contribution in [0.4, 0.5) is 5.13 Å². The number of nitrogens with one attached hydrogen (secondary N) is 1. The van der Waals surface area contributed by atoms with Gasteiger partial charge in [-0.25, -0.2) is 4.98 Å². The van der Waals surface area contributed by atoms with Crippen molar-refractivity contribution >= 4 is 34.2 Å². The standard InChI is InChI=1S/C30H30N6O7S/c1-18-33-34-28(41-18)19-3-5-22(6-4-19)42-23-13-20(14-24(16-23)43-25-7-8-35(2)29(25)39)27(38)32-30-31-21(17-44-30)15-26(37)36-9-11-40-12-10-36/h3-6,13-14,16-17,25H,7-12,15H2,1-2H3,(H,31,32,38). The fourth-order valence-corrected chi connectivity index (χ4v) is 5.51. The number of benzene rings is 2. The van der Waals surface area contributed by atoms with Crippen LogP contribution in [0.25, 0.3) is 11.5 Å². The van der Waals surface area contributed by atoms with Gasteiger partial charge in [0.2, 0.25) is 17.7 Å². The summed E-state index contributed by atoms with van der Waals surface area (Å²) in [7, 11) is 1.72. The van der Waals surface area contributed by atoms with Gasteiger partial charge in [-0.3, -0.25) is 19.7 Å². The first kappa shape index (κ1) is 29.3. The number of likely N-dealkylation sites (N-methyl/N-ethyl adjacent to an activating group) is 1. The molecular weight excluding hydrogens is 588 g/mol. The van der Waals surface area contributed by atoms with E-state index in [0.29, 0.717) is 79.1 Å². The molecule has 0 aliphatic carbocycles. The monoisotopic (exact) mass is 618 g/mol. The van der Waals surface area contributed by atoms with Gasteiger partial charge in [0.25, 0.3) is 11.8 Å². The first-order valence-corrected chi connectivity index (χ1v) is 14.9. The molecule has 0 saturated carbocycles. The van der Waals surface area contributed by atoms with Crippen molar-refractivity contribution in [2.45, 2.75) is 25.9 Å². The molecule has 1 unspecified atom stereocenters. The zero-order chi connectivity index (χ0) is 30.6. The molecule has 0 bridgehead atoms. The molecule has 2 aromatic carbocycles. The van der Waals surface area contributed by atoms with Crippen LogP contribution in [0.3, 0.4) is 0 Å². The van der Waals surface area contributed by atoms with Crippen LogP contribution < -0.4 is 14.8 Å². The van der Waals surface area contributed by atoms with Crippen molar-refractivity contribution in [2.24, 2.45) is 0 Å². The van der Waals surface area contributed by atoms with Gasteiger partial charge >= 0.3 is 0 Å². The Hall–Kier alpha value is -4.82. The van der Waals surface area contributed by atoms with Crippen molar-refractivity contribution in [3.05, 3.63) is 65.0 Å². The number of aryl methyl sites for hydroxylation is 1. The van der Waals surface area contributed by atoms with Gasteiger partial charge < -0.3 is 28.4 Å². The highest BCUT2D eigenvalue weighted by Crippen LogP contribution is 2.31. The number of anilines is 1. The molecule has 228 valence electrons. The molecule has 0 radical (unpaired) electrons. The fourth-order valence-electron chi connectivity index (χ4n) is 4.80. The lowest BCUT2D eigenvalue weighted by Crippen LogP contribution is -2.41. The second kappa shape index (κ2) is 12.8. The van der Waals surface area contributed by atoms with Gasteiger partial charge in [0.05, 0.1) is 25.3 Å². The van der Waals surface area contributed by atoms with Crippen LogP contribution in [0.1, 0.15) is 28.4 Å². The van der Waals surface area contributed by atoms with Gasteiger partial charge in [-0.1, -0.05) is 0 Å². The number of thiazole rings is 1. The van der Waals surface area contributed by atoms with Crippen molar-refractivity contribution in [1.82, 2.24) is 25.0 Å². The SMILES string of the molecule is Cc1nnc(-c2ccc(Oc3cc(OC4CCN(C)C4=O)cc(C(=O)Nc4nc(CC(=O)N5CCOCC5)cs4)c3)cc2)o1. The van der Waals surface area contributed by atoms with Crippen molar-refractivity contribution in [3.8, 4) is 28.7 Å². The van der Waals surface area contributed by atoms with Crippen LogP contribution in [0.5, 0.6) is 17.2 Å². The molecular formula is C30H30N6O7S. The summed E-state index contributed by atoms with van der Waals surface area (Å²) < 4.78 is 22.9. The Labute approximate surface area is 256 Å². The normalized spacial score (nSPS) is 16.7. The lowest BCUT2D eigenvalue weighted by atomic mass is 10.1. The number of amides is 3. The molecule has 2 saturated heterocycles. The Bertz CT molecular complexity index is 1660. The van der Waals surface area contributed by atoms with Crippen molar-refractivity contribution in [3.63, 3.8) is 0 Å². The van der Waals surface area contributed by atoms with E-state index in [9.17, 15) is 14.4 Å². The van der Waals surface area contributed by atoms with E-state index in [1.54, 1.807) is 71.6 Å². The molecule has 13 nitrogen and oxygen atoms in total. The zero-order valence-electron chi connectivity index (χ0n) is 24.1. The van der Waals surface area contributed by atoms with Crippen molar-refractivity contribution in [1.29, 1.82) is 0 Å². The second-order valence-corrected chi connectivity index (χ2v) is 11.2. The number of ether oxygens (including phenoxy) is 3. The van der Waals surface area contributed by atoms with Gasteiger partial charge in [-0.05, 0) is 36.4 Å².